The van der Waals surface area contributed by atoms with Gasteiger partial charge in [-0.05, 0) is 50.6 Å². The topological polar surface area (TPSA) is 32.3 Å². The van der Waals surface area contributed by atoms with Gasteiger partial charge in [-0.3, -0.25) is 4.79 Å². The number of hydrogen-bond acceptors (Lipinski definition) is 2. The highest BCUT2D eigenvalue weighted by Gasteiger charge is 2.21. The van der Waals surface area contributed by atoms with Crippen LogP contribution in [0.15, 0.2) is 54.6 Å². The molecule has 0 spiro atoms. The molecule has 3 heteroatoms. The normalized spacial score (nSPS) is 16.2. The predicted molar refractivity (Wildman–Crippen MR) is 93.5 cm³/mol. The molecule has 0 saturated carbocycles. The van der Waals surface area contributed by atoms with Gasteiger partial charge < -0.3 is 10.2 Å². The number of rotatable bonds is 5. The van der Waals surface area contributed by atoms with Crippen molar-refractivity contribution in [2.75, 3.05) is 19.6 Å². The van der Waals surface area contributed by atoms with Crippen LogP contribution in [0.3, 0.4) is 0 Å². The minimum atomic E-state index is 0.00162. The highest BCUT2D eigenvalue weighted by atomic mass is 16.1. The summed E-state index contributed by atoms with van der Waals surface area (Å²) in [5.41, 5.74) is 3.00. The molecular weight excluding hydrogens is 284 g/mol. The Kier molecular flexibility index (Phi) is 5.09. The van der Waals surface area contributed by atoms with Gasteiger partial charge in [0, 0.05) is 12.1 Å². The van der Waals surface area contributed by atoms with Crippen LogP contribution < -0.4 is 5.32 Å². The zero-order valence-corrected chi connectivity index (χ0v) is 13.7. The fraction of sp³-hybridized carbons (Fsp3) is 0.350. The van der Waals surface area contributed by atoms with Gasteiger partial charge in [-0.15, -0.1) is 0 Å². The van der Waals surface area contributed by atoms with Crippen LogP contribution in [0.5, 0.6) is 0 Å². The Morgan fingerprint density at radius 2 is 1.83 bits per heavy atom. The first kappa shape index (κ1) is 15.8. The minimum absolute atomic E-state index is 0.00162. The molecule has 1 aliphatic rings. The smallest absolute Gasteiger partial charge is 0.251 e. The molecule has 1 unspecified atom stereocenters. The van der Waals surface area contributed by atoms with E-state index < -0.39 is 0 Å². The summed E-state index contributed by atoms with van der Waals surface area (Å²) in [5.74, 6) is 0.00162. The molecule has 0 bridgehead atoms. The van der Waals surface area contributed by atoms with E-state index >= 15 is 0 Å². The van der Waals surface area contributed by atoms with E-state index in [1.54, 1.807) is 0 Å². The average Bonchev–Trinajstić information content (AvgIpc) is 3.08. The number of aryl methyl sites for hydroxylation is 1. The standard InChI is InChI=1S/C20H24N2O/c1-16-8-7-11-18(14-16)20(23)21-19(15-22-12-5-6-13-22)17-9-3-2-4-10-17/h2-4,7-11,14,19H,5-6,12-13,15H2,1H3,(H,21,23). The van der Waals surface area contributed by atoms with Crippen LogP contribution in [0.4, 0.5) is 0 Å². The maximum Gasteiger partial charge on any atom is 0.251 e. The van der Waals surface area contributed by atoms with E-state index in [0.29, 0.717) is 0 Å². The summed E-state index contributed by atoms with van der Waals surface area (Å²) in [6, 6.07) is 18.1. The van der Waals surface area contributed by atoms with Crippen molar-refractivity contribution in [3.63, 3.8) is 0 Å². The molecule has 1 heterocycles. The van der Waals surface area contributed by atoms with Crippen LogP contribution in [0.2, 0.25) is 0 Å². The van der Waals surface area contributed by atoms with E-state index in [4.69, 9.17) is 0 Å². The SMILES string of the molecule is Cc1cccc(C(=O)NC(CN2CCCC2)c2ccccc2)c1. The van der Waals surface area contributed by atoms with Gasteiger partial charge >= 0.3 is 0 Å². The summed E-state index contributed by atoms with van der Waals surface area (Å²) in [6.45, 7) is 5.14. The molecule has 0 radical (unpaired) electrons. The average molecular weight is 308 g/mol. The second kappa shape index (κ2) is 7.42. The van der Waals surface area contributed by atoms with Crippen molar-refractivity contribution in [2.45, 2.75) is 25.8 Å². The summed E-state index contributed by atoms with van der Waals surface area (Å²) in [5, 5.41) is 3.22. The summed E-state index contributed by atoms with van der Waals surface area (Å²) in [7, 11) is 0. The van der Waals surface area contributed by atoms with E-state index in [0.717, 1.165) is 30.8 Å². The van der Waals surface area contributed by atoms with Gasteiger partial charge in [0.2, 0.25) is 0 Å². The molecule has 23 heavy (non-hydrogen) atoms. The zero-order chi connectivity index (χ0) is 16.1. The third-order valence-electron chi connectivity index (χ3n) is 4.43. The van der Waals surface area contributed by atoms with Gasteiger partial charge in [0.25, 0.3) is 5.91 Å². The van der Waals surface area contributed by atoms with Gasteiger partial charge in [0.05, 0.1) is 6.04 Å². The van der Waals surface area contributed by atoms with Crippen molar-refractivity contribution in [1.29, 1.82) is 0 Å². The monoisotopic (exact) mass is 308 g/mol. The molecule has 1 atom stereocenters. The van der Waals surface area contributed by atoms with E-state index in [1.807, 2.05) is 49.4 Å². The van der Waals surface area contributed by atoms with Gasteiger partial charge in [-0.2, -0.15) is 0 Å². The van der Waals surface area contributed by atoms with Crippen LogP contribution >= 0.6 is 0 Å². The first-order valence-electron chi connectivity index (χ1n) is 8.37. The summed E-state index contributed by atoms with van der Waals surface area (Å²) >= 11 is 0. The van der Waals surface area contributed by atoms with Gasteiger partial charge in [-0.25, -0.2) is 0 Å². The fourth-order valence-electron chi connectivity index (χ4n) is 3.17. The Morgan fingerprint density at radius 3 is 2.52 bits per heavy atom. The lowest BCUT2D eigenvalue weighted by molar-refractivity contribution is 0.0927. The molecule has 2 aromatic rings. The molecule has 1 fully saturated rings. The van der Waals surface area contributed by atoms with Crippen molar-refractivity contribution >= 4 is 5.91 Å². The molecule has 1 amide bonds. The van der Waals surface area contributed by atoms with E-state index in [-0.39, 0.29) is 11.9 Å². The van der Waals surface area contributed by atoms with E-state index in [9.17, 15) is 4.79 Å². The Hall–Kier alpha value is -2.13. The Bertz CT molecular complexity index is 648. The van der Waals surface area contributed by atoms with Crippen LogP contribution in [-0.4, -0.2) is 30.4 Å². The summed E-state index contributed by atoms with van der Waals surface area (Å²) in [4.78, 5) is 15.1. The lowest BCUT2D eigenvalue weighted by Gasteiger charge is -2.25. The highest BCUT2D eigenvalue weighted by Crippen LogP contribution is 2.18. The predicted octanol–water partition coefficient (Wildman–Crippen LogP) is 3.56. The first-order chi connectivity index (χ1) is 11.2. The number of carbonyl (C=O) groups is 1. The quantitative estimate of drug-likeness (QED) is 0.916. The maximum atomic E-state index is 12.6. The van der Waals surface area contributed by atoms with Crippen LogP contribution in [-0.2, 0) is 0 Å². The lowest BCUT2D eigenvalue weighted by atomic mass is 10.1. The van der Waals surface area contributed by atoms with Crippen molar-refractivity contribution in [1.82, 2.24) is 10.2 Å². The first-order valence-corrected chi connectivity index (χ1v) is 8.37. The lowest BCUT2D eigenvalue weighted by Crippen LogP contribution is -2.37. The number of hydrogen-bond donors (Lipinski definition) is 1. The molecule has 1 saturated heterocycles. The third kappa shape index (κ3) is 4.20. The molecule has 1 aliphatic heterocycles. The molecule has 3 rings (SSSR count). The Balaban J connectivity index is 1.76. The van der Waals surface area contributed by atoms with E-state index in [2.05, 4.69) is 22.3 Å². The zero-order valence-electron chi connectivity index (χ0n) is 13.7. The number of carbonyl (C=O) groups excluding carboxylic acids is 1. The summed E-state index contributed by atoms with van der Waals surface area (Å²) in [6.07, 6.45) is 2.51. The minimum Gasteiger partial charge on any atom is -0.344 e. The highest BCUT2D eigenvalue weighted by molar-refractivity contribution is 5.94. The van der Waals surface area contributed by atoms with Gasteiger partial charge in [0.1, 0.15) is 0 Å². The van der Waals surface area contributed by atoms with Crippen molar-refractivity contribution < 1.29 is 4.79 Å². The fourth-order valence-corrected chi connectivity index (χ4v) is 3.17. The van der Waals surface area contributed by atoms with Crippen LogP contribution in [0, 0.1) is 6.92 Å². The molecular formula is C20H24N2O. The summed E-state index contributed by atoms with van der Waals surface area (Å²) < 4.78 is 0. The number of likely N-dealkylation sites (tertiary alicyclic amines) is 1. The molecule has 1 N–H and O–H groups in total. The van der Waals surface area contributed by atoms with Gasteiger partial charge in [-0.1, -0.05) is 48.0 Å². The molecule has 3 nitrogen and oxygen atoms in total. The van der Waals surface area contributed by atoms with Crippen LogP contribution in [0.25, 0.3) is 0 Å². The van der Waals surface area contributed by atoms with Crippen LogP contribution in [0.1, 0.15) is 40.4 Å². The second-order valence-electron chi connectivity index (χ2n) is 6.31. The molecule has 0 aliphatic carbocycles. The molecule has 0 aromatic heterocycles. The number of nitrogens with one attached hydrogen (secondary N) is 1. The van der Waals surface area contributed by atoms with Crippen molar-refractivity contribution in [3.8, 4) is 0 Å². The number of amides is 1. The molecule has 120 valence electrons. The van der Waals surface area contributed by atoms with E-state index in [1.165, 1.54) is 18.4 Å². The number of nitrogens with zero attached hydrogens (tertiary/aromatic N) is 1. The Labute approximate surface area is 138 Å². The Morgan fingerprint density at radius 1 is 1.09 bits per heavy atom. The number of benzene rings is 2. The van der Waals surface area contributed by atoms with Gasteiger partial charge in [0.15, 0.2) is 0 Å². The maximum absolute atomic E-state index is 12.6. The largest absolute Gasteiger partial charge is 0.344 e. The van der Waals surface area contributed by atoms with Crippen molar-refractivity contribution in [2.24, 2.45) is 0 Å². The second-order valence-corrected chi connectivity index (χ2v) is 6.31. The van der Waals surface area contributed by atoms with Crippen molar-refractivity contribution in [3.05, 3.63) is 71.3 Å². The third-order valence-corrected chi connectivity index (χ3v) is 4.43. The molecule has 2 aromatic carbocycles.